The van der Waals surface area contributed by atoms with Crippen LogP contribution in [0.3, 0.4) is 0 Å². The molecule has 0 heterocycles. The number of carbonyl (C=O) groups excluding carboxylic acids is 3. The van der Waals surface area contributed by atoms with Gasteiger partial charge in [0.15, 0.2) is 0 Å². The van der Waals surface area contributed by atoms with Crippen molar-refractivity contribution in [3.8, 4) is 0 Å². The van der Waals surface area contributed by atoms with Crippen LogP contribution in [0.1, 0.15) is 39.7 Å². The molecule has 2 N–H and O–H groups in total. The number of benzene rings is 1. The number of ether oxygens (including phenoxy) is 1. The van der Waals surface area contributed by atoms with Crippen molar-refractivity contribution in [1.29, 1.82) is 0 Å². The predicted octanol–water partition coefficient (Wildman–Crippen LogP) is 3.41. The van der Waals surface area contributed by atoms with Crippen LogP contribution in [0.25, 0.3) is 0 Å². The predicted molar refractivity (Wildman–Crippen MR) is 101 cm³/mol. The number of carbonyl (C=O) groups is 3. The summed E-state index contributed by atoms with van der Waals surface area (Å²) in [5, 5.41) is 4.63. The molecule has 0 aromatic heterocycles. The molecule has 0 saturated carbocycles. The third-order valence-corrected chi connectivity index (χ3v) is 3.58. The van der Waals surface area contributed by atoms with Crippen molar-refractivity contribution in [2.75, 3.05) is 25.0 Å². The van der Waals surface area contributed by atoms with E-state index < -0.39 is 41.8 Å². The topological polar surface area (TPSA) is 87.7 Å². The molecular formula is C19H26F3N3O4. The lowest BCUT2D eigenvalue weighted by Gasteiger charge is -2.22. The monoisotopic (exact) mass is 417 g/mol. The summed E-state index contributed by atoms with van der Waals surface area (Å²) >= 11 is 0. The summed E-state index contributed by atoms with van der Waals surface area (Å²) in [6.45, 7) is 6.51. The zero-order chi connectivity index (χ0) is 22.2. The van der Waals surface area contributed by atoms with Crippen LogP contribution in [-0.2, 0) is 20.5 Å². The van der Waals surface area contributed by atoms with Crippen molar-refractivity contribution in [1.82, 2.24) is 10.2 Å². The van der Waals surface area contributed by atoms with Crippen LogP contribution in [0, 0.1) is 0 Å². The summed E-state index contributed by atoms with van der Waals surface area (Å²) < 4.78 is 44.1. The second kappa shape index (κ2) is 10.1. The van der Waals surface area contributed by atoms with Crippen LogP contribution in [0.5, 0.6) is 0 Å². The molecular weight excluding hydrogens is 391 g/mol. The maximum atomic E-state index is 13.0. The summed E-state index contributed by atoms with van der Waals surface area (Å²) in [6, 6.07) is 4.60. The summed E-state index contributed by atoms with van der Waals surface area (Å²) in [7, 11) is 0. The van der Waals surface area contributed by atoms with Gasteiger partial charge in [0.2, 0.25) is 11.8 Å². The molecule has 0 aliphatic rings. The van der Waals surface area contributed by atoms with Gasteiger partial charge in [-0.25, -0.2) is 4.79 Å². The first-order chi connectivity index (χ1) is 13.3. The lowest BCUT2D eigenvalue weighted by molar-refractivity contribution is -0.137. The normalized spacial score (nSPS) is 11.6. The van der Waals surface area contributed by atoms with Gasteiger partial charge in [-0.3, -0.25) is 9.59 Å². The summed E-state index contributed by atoms with van der Waals surface area (Å²) in [6.07, 6.45) is -5.37. The number of halogens is 3. The van der Waals surface area contributed by atoms with Gasteiger partial charge < -0.3 is 20.3 Å². The number of amides is 3. The molecule has 162 valence electrons. The van der Waals surface area contributed by atoms with Crippen LogP contribution < -0.4 is 10.6 Å². The van der Waals surface area contributed by atoms with E-state index in [1.165, 1.54) is 17.0 Å². The van der Waals surface area contributed by atoms with Gasteiger partial charge in [-0.1, -0.05) is 12.1 Å². The first kappa shape index (κ1) is 24.3. The van der Waals surface area contributed by atoms with Gasteiger partial charge in [0.05, 0.1) is 17.8 Å². The smallest absolute Gasteiger partial charge is 0.418 e. The molecule has 0 saturated heterocycles. The average molecular weight is 417 g/mol. The number of hydrogen-bond acceptors (Lipinski definition) is 4. The van der Waals surface area contributed by atoms with Gasteiger partial charge >= 0.3 is 12.3 Å². The number of nitrogens with one attached hydrogen (secondary N) is 2. The zero-order valence-corrected chi connectivity index (χ0v) is 16.9. The van der Waals surface area contributed by atoms with E-state index in [9.17, 15) is 27.6 Å². The number of para-hydroxylation sites is 1. The van der Waals surface area contributed by atoms with Crippen molar-refractivity contribution in [2.24, 2.45) is 0 Å². The minimum atomic E-state index is -4.61. The molecule has 0 aliphatic carbocycles. The summed E-state index contributed by atoms with van der Waals surface area (Å²) in [5.74, 6) is -1.18. The Morgan fingerprint density at radius 2 is 1.72 bits per heavy atom. The van der Waals surface area contributed by atoms with Crippen LogP contribution in [0.2, 0.25) is 0 Å². The Bertz CT molecular complexity index is 730. The molecule has 0 radical (unpaired) electrons. The van der Waals surface area contributed by atoms with Gasteiger partial charge in [0.1, 0.15) is 5.60 Å². The maximum absolute atomic E-state index is 13.0. The molecule has 10 heteroatoms. The molecule has 0 bridgehead atoms. The zero-order valence-electron chi connectivity index (χ0n) is 16.9. The molecule has 7 nitrogen and oxygen atoms in total. The highest BCUT2D eigenvalue weighted by molar-refractivity contribution is 5.95. The number of likely N-dealkylation sites (N-methyl/N-ethyl adjacent to an activating group) is 1. The van der Waals surface area contributed by atoms with Crippen LogP contribution in [0.15, 0.2) is 24.3 Å². The second-order valence-electron chi connectivity index (χ2n) is 7.18. The summed E-state index contributed by atoms with van der Waals surface area (Å²) in [5.41, 5.74) is -2.02. The molecule has 0 aliphatic heterocycles. The number of alkyl halides is 3. The Kier molecular flexibility index (Phi) is 8.47. The van der Waals surface area contributed by atoms with Gasteiger partial charge in [-0.2, -0.15) is 13.2 Å². The standard InChI is InChI=1S/C19H26F3N3O4/c1-5-25(16(27)10-11-23-17(28)29-18(2,3)4)12-15(26)24-14-9-7-6-8-13(14)19(20,21)22/h6-9H,5,10-12H2,1-4H3,(H,23,28)(H,24,26). The molecule has 1 aromatic rings. The van der Waals surface area contributed by atoms with Gasteiger partial charge in [-0.15, -0.1) is 0 Å². The van der Waals surface area contributed by atoms with Crippen molar-refractivity contribution in [2.45, 2.75) is 45.9 Å². The number of alkyl carbamates (subject to hydrolysis) is 1. The van der Waals surface area contributed by atoms with Crippen LogP contribution >= 0.6 is 0 Å². The Balaban J connectivity index is 2.59. The van der Waals surface area contributed by atoms with E-state index in [0.29, 0.717) is 0 Å². The van der Waals surface area contributed by atoms with E-state index in [-0.39, 0.29) is 25.2 Å². The second-order valence-corrected chi connectivity index (χ2v) is 7.18. The highest BCUT2D eigenvalue weighted by atomic mass is 19.4. The molecule has 0 atom stereocenters. The Morgan fingerprint density at radius 1 is 1.10 bits per heavy atom. The average Bonchev–Trinajstić information content (AvgIpc) is 2.57. The number of nitrogens with zero attached hydrogens (tertiary/aromatic N) is 1. The first-order valence-corrected chi connectivity index (χ1v) is 9.04. The van der Waals surface area contributed by atoms with E-state index >= 15 is 0 Å². The molecule has 3 amide bonds. The van der Waals surface area contributed by atoms with E-state index in [2.05, 4.69) is 10.6 Å². The van der Waals surface area contributed by atoms with Crippen molar-refractivity contribution < 1.29 is 32.3 Å². The van der Waals surface area contributed by atoms with E-state index in [4.69, 9.17) is 4.74 Å². The number of hydrogen-bond donors (Lipinski definition) is 2. The lowest BCUT2D eigenvalue weighted by Crippen LogP contribution is -2.40. The fourth-order valence-electron chi connectivity index (χ4n) is 2.32. The minimum absolute atomic E-state index is 0.00275. The van der Waals surface area contributed by atoms with E-state index in [1.54, 1.807) is 27.7 Å². The number of anilines is 1. The SMILES string of the molecule is CCN(CC(=O)Nc1ccccc1C(F)(F)F)C(=O)CCNC(=O)OC(C)(C)C. The van der Waals surface area contributed by atoms with Gasteiger partial charge in [0, 0.05) is 19.5 Å². The lowest BCUT2D eigenvalue weighted by atomic mass is 10.1. The van der Waals surface area contributed by atoms with Crippen molar-refractivity contribution in [3.63, 3.8) is 0 Å². The third kappa shape index (κ3) is 8.84. The van der Waals surface area contributed by atoms with Gasteiger partial charge in [-0.05, 0) is 39.8 Å². The Morgan fingerprint density at radius 3 is 2.28 bits per heavy atom. The van der Waals surface area contributed by atoms with E-state index in [1.807, 2.05) is 0 Å². The van der Waals surface area contributed by atoms with Gasteiger partial charge in [0.25, 0.3) is 0 Å². The largest absolute Gasteiger partial charge is 0.444 e. The molecule has 29 heavy (non-hydrogen) atoms. The molecule has 1 aromatic carbocycles. The highest BCUT2D eigenvalue weighted by Gasteiger charge is 2.33. The molecule has 0 fully saturated rings. The van der Waals surface area contributed by atoms with Crippen LogP contribution in [-0.4, -0.2) is 48.0 Å². The fourth-order valence-corrected chi connectivity index (χ4v) is 2.32. The third-order valence-electron chi connectivity index (χ3n) is 3.58. The first-order valence-electron chi connectivity index (χ1n) is 9.04. The fraction of sp³-hybridized carbons (Fsp3) is 0.526. The quantitative estimate of drug-likeness (QED) is 0.712. The summed E-state index contributed by atoms with van der Waals surface area (Å²) in [4.78, 5) is 37.1. The maximum Gasteiger partial charge on any atom is 0.418 e. The Hall–Kier alpha value is -2.78. The highest BCUT2D eigenvalue weighted by Crippen LogP contribution is 2.34. The van der Waals surface area contributed by atoms with Crippen LogP contribution in [0.4, 0.5) is 23.7 Å². The molecule has 0 spiro atoms. The Labute approximate surface area is 167 Å². The molecule has 1 rings (SSSR count). The number of rotatable bonds is 7. The van der Waals surface area contributed by atoms with Crippen molar-refractivity contribution in [3.05, 3.63) is 29.8 Å². The van der Waals surface area contributed by atoms with Crippen molar-refractivity contribution >= 4 is 23.6 Å². The molecule has 0 unspecified atom stereocenters. The van der Waals surface area contributed by atoms with E-state index in [0.717, 1.165) is 12.1 Å². The minimum Gasteiger partial charge on any atom is -0.444 e.